The van der Waals surface area contributed by atoms with Crippen LogP contribution in [0.3, 0.4) is 0 Å². The van der Waals surface area contributed by atoms with Crippen molar-refractivity contribution in [2.75, 3.05) is 0 Å². The molecular formula is C19H19N3O3. The summed E-state index contributed by atoms with van der Waals surface area (Å²) in [5.41, 5.74) is 3.16. The van der Waals surface area contributed by atoms with Crippen LogP contribution in [0.2, 0.25) is 0 Å². The number of fused-ring (bicyclic) bond motifs is 1. The molecular weight excluding hydrogens is 318 g/mol. The van der Waals surface area contributed by atoms with Crippen LogP contribution in [0.25, 0.3) is 0 Å². The van der Waals surface area contributed by atoms with E-state index < -0.39 is 0 Å². The lowest BCUT2D eigenvalue weighted by atomic mass is 9.93. The van der Waals surface area contributed by atoms with E-state index in [1.165, 1.54) is 5.56 Å². The first kappa shape index (κ1) is 15.6. The molecule has 1 aliphatic heterocycles. The normalized spacial score (nSPS) is 16.8. The van der Waals surface area contributed by atoms with E-state index in [0.717, 1.165) is 16.9 Å². The third kappa shape index (κ3) is 2.73. The summed E-state index contributed by atoms with van der Waals surface area (Å²) in [6.07, 6.45) is 0.641. The number of aromatic nitrogens is 2. The highest BCUT2D eigenvalue weighted by atomic mass is 16.4. The van der Waals surface area contributed by atoms with Gasteiger partial charge in [-0.2, -0.15) is 0 Å². The molecule has 0 saturated carbocycles. The smallest absolute Gasteiger partial charge is 0.290 e. The van der Waals surface area contributed by atoms with Gasteiger partial charge in [0.1, 0.15) is 11.8 Å². The van der Waals surface area contributed by atoms with E-state index in [4.69, 9.17) is 8.83 Å². The lowest BCUT2D eigenvalue weighted by Crippen LogP contribution is -2.39. The second kappa shape index (κ2) is 5.88. The Morgan fingerprint density at radius 3 is 2.52 bits per heavy atom. The molecule has 0 saturated heterocycles. The minimum atomic E-state index is -0.298. The second-order valence-electron chi connectivity index (χ2n) is 6.45. The summed E-state index contributed by atoms with van der Waals surface area (Å²) in [5, 5.41) is 8.08. The van der Waals surface area contributed by atoms with Crippen molar-refractivity contribution in [3.05, 3.63) is 70.3 Å². The Morgan fingerprint density at radius 2 is 1.88 bits per heavy atom. The summed E-state index contributed by atoms with van der Waals surface area (Å²) in [6.45, 7) is 5.96. The maximum atomic E-state index is 13.2. The number of carbonyl (C=O) groups is 1. The number of amides is 1. The molecule has 0 fully saturated rings. The van der Waals surface area contributed by atoms with Crippen LogP contribution in [0, 0.1) is 20.8 Å². The van der Waals surface area contributed by atoms with Crippen molar-refractivity contribution in [1.29, 1.82) is 0 Å². The van der Waals surface area contributed by atoms with Crippen LogP contribution in [0.1, 0.15) is 50.8 Å². The molecule has 0 N–H and O–H groups in total. The lowest BCUT2D eigenvalue weighted by Gasteiger charge is -2.34. The summed E-state index contributed by atoms with van der Waals surface area (Å²) in [5.74, 6) is 1.90. The van der Waals surface area contributed by atoms with Gasteiger partial charge >= 0.3 is 0 Å². The average Bonchev–Trinajstić information content (AvgIpc) is 3.18. The van der Waals surface area contributed by atoms with Crippen LogP contribution in [0.4, 0.5) is 0 Å². The van der Waals surface area contributed by atoms with Gasteiger partial charge in [-0.05, 0) is 31.0 Å². The molecule has 1 atom stereocenters. The van der Waals surface area contributed by atoms with E-state index in [0.29, 0.717) is 30.5 Å². The molecule has 1 amide bonds. The van der Waals surface area contributed by atoms with Gasteiger partial charge in [0.05, 0.1) is 0 Å². The van der Waals surface area contributed by atoms with Crippen molar-refractivity contribution in [3.8, 4) is 0 Å². The van der Waals surface area contributed by atoms with Gasteiger partial charge in [0.15, 0.2) is 5.76 Å². The average molecular weight is 337 g/mol. The summed E-state index contributed by atoms with van der Waals surface area (Å²) in [4.78, 5) is 14.9. The molecule has 1 aromatic carbocycles. The Hall–Kier alpha value is -2.89. The van der Waals surface area contributed by atoms with Crippen LogP contribution in [-0.2, 0) is 13.0 Å². The number of hydrogen-bond acceptors (Lipinski definition) is 5. The van der Waals surface area contributed by atoms with E-state index in [-0.39, 0.29) is 11.9 Å². The molecule has 3 heterocycles. The molecule has 0 aliphatic carbocycles. The van der Waals surface area contributed by atoms with Gasteiger partial charge < -0.3 is 13.7 Å². The van der Waals surface area contributed by atoms with Crippen molar-refractivity contribution < 1.29 is 13.6 Å². The Kier molecular flexibility index (Phi) is 3.67. The van der Waals surface area contributed by atoms with Crippen molar-refractivity contribution in [3.63, 3.8) is 0 Å². The summed E-state index contributed by atoms with van der Waals surface area (Å²) < 4.78 is 11.3. The van der Waals surface area contributed by atoms with E-state index in [1.54, 1.807) is 11.8 Å². The van der Waals surface area contributed by atoms with Crippen LogP contribution < -0.4 is 0 Å². The number of aryl methyl sites for hydroxylation is 3. The highest BCUT2D eigenvalue weighted by Gasteiger charge is 2.36. The fraction of sp³-hybridized carbons (Fsp3) is 0.316. The Bertz CT molecular complexity index is 941. The molecule has 3 aromatic rings. The Morgan fingerprint density at radius 1 is 1.12 bits per heavy atom. The molecule has 2 aromatic heterocycles. The van der Waals surface area contributed by atoms with Gasteiger partial charge in [-0.3, -0.25) is 4.79 Å². The summed E-state index contributed by atoms with van der Waals surface area (Å²) >= 11 is 0. The molecule has 4 rings (SSSR count). The highest BCUT2D eigenvalue weighted by Crippen LogP contribution is 2.34. The number of hydrogen-bond donors (Lipinski definition) is 0. The molecule has 1 aliphatic rings. The molecule has 0 radical (unpaired) electrons. The zero-order chi connectivity index (χ0) is 17.6. The van der Waals surface area contributed by atoms with Crippen molar-refractivity contribution in [2.45, 2.75) is 39.8 Å². The third-order valence-corrected chi connectivity index (χ3v) is 4.57. The molecule has 25 heavy (non-hydrogen) atoms. The topological polar surface area (TPSA) is 72.4 Å². The summed E-state index contributed by atoms with van der Waals surface area (Å²) in [6, 6.07) is 9.69. The third-order valence-electron chi connectivity index (χ3n) is 4.57. The molecule has 0 spiro atoms. The van der Waals surface area contributed by atoms with E-state index in [9.17, 15) is 4.79 Å². The zero-order valence-electron chi connectivity index (χ0n) is 14.4. The monoisotopic (exact) mass is 337 g/mol. The van der Waals surface area contributed by atoms with Crippen LogP contribution in [-0.4, -0.2) is 21.0 Å². The van der Waals surface area contributed by atoms with Gasteiger partial charge in [-0.15, -0.1) is 10.2 Å². The number of carbonyl (C=O) groups excluding carboxylic acids is 1. The number of furan rings is 1. The van der Waals surface area contributed by atoms with Gasteiger partial charge in [0.25, 0.3) is 5.91 Å². The predicted molar refractivity (Wildman–Crippen MR) is 90.0 cm³/mol. The standard InChI is InChI=1S/C19H19N3O3/c1-11-8-12(2)24-17(11)19(23)22-10-15-7-5-4-6-14(15)9-16(22)18-21-20-13(3)25-18/h4-8,16H,9-10H2,1-3H3/t16-/m0/s1. The van der Waals surface area contributed by atoms with Gasteiger partial charge in [-0.25, -0.2) is 0 Å². The number of benzene rings is 1. The lowest BCUT2D eigenvalue weighted by molar-refractivity contribution is 0.0567. The van der Waals surface area contributed by atoms with E-state index >= 15 is 0 Å². The minimum absolute atomic E-state index is 0.152. The summed E-state index contributed by atoms with van der Waals surface area (Å²) in [7, 11) is 0. The van der Waals surface area contributed by atoms with Gasteiger partial charge in [0.2, 0.25) is 11.8 Å². The fourth-order valence-electron chi connectivity index (χ4n) is 3.39. The molecule has 0 bridgehead atoms. The van der Waals surface area contributed by atoms with E-state index in [2.05, 4.69) is 16.3 Å². The van der Waals surface area contributed by atoms with Gasteiger partial charge in [0, 0.05) is 25.5 Å². The quantitative estimate of drug-likeness (QED) is 0.715. The first-order valence-electron chi connectivity index (χ1n) is 8.27. The number of rotatable bonds is 2. The SMILES string of the molecule is Cc1cc(C)c(C(=O)N2Cc3ccccc3C[C@H]2c2nnc(C)o2)o1. The maximum Gasteiger partial charge on any atom is 0.290 e. The van der Waals surface area contributed by atoms with Crippen LogP contribution in [0.5, 0.6) is 0 Å². The van der Waals surface area contributed by atoms with Crippen molar-refractivity contribution >= 4 is 5.91 Å². The van der Waals surface area contributed by atoms with Gasteiger partial charge in [-0.1, -0.05) is 24.3 Å². The first-order valence-corrected chi connectivity index (χ1v) is 8.27. The first-order chi connectivity index (χ1) is 12.0. The van der Waals surface area contributed by atoms with Crippen molar-refractivity contribution in [2.24, 2.45) is 0 Å². The Labute approximate surface area is 145 Å². The zero-order valence-corrected chi connectivity index (χ0v) is 14.4. The molecule has 6 heteroatoms. The molecule has 0 unspecified atom stereocenters. The fourth-order valence-corrected chi connectivity index (χ4v) is 3.39. The second-order valence-corrected chi connectivity index (χ2v) is 6.45. The maximum absolute atomic E-state index is 13.2. The van der Waals surface area contributed by atoms with Crippen LogP contribution >= 0.6 is 0 Å². The highest BCUT2D eigenvalue weighted by molar-refractivity contribution is 5.93. The predicted octanol–water partition coefficient (Wildman–Crippen LogP) is 3.53. The van der Waals surface area contributed by atoms with E-state index in [1.807, 2.05) is 38.1 Å². The Balaban J connectivity index is 1.77. The largest absolute Gasteiger partial charge is 0.456 e. The molecule has 128 valence electrons. The van der Waals surface area contributed by atoms with Crippen molar-refractivity contribution in [1.82, 2.24) is 15.1 Å². The van der Waals surface area contributed by atoms with Crippen LogP contribution in [0.15, 0.2) is 39.2 Å². The molecule has 6 nitrogen and oxygen atoms in total. The minimum Gasteiger partial charge on any atom is -0.456 e. The number of nitrogens with zero attached hydrogens (tertiary/aromatic N) is 3.